The predicted molar refractivity (Wildman–Crippen MR) is 134 cm³/mol. The number of ether oxygens (including phenoxy) is 1. The Hall–Kier alpha value is -2.43. The molecule has 0 bridgehead atoms. The van der Waals surface area contributed by atoms with Crippen molar-refractivity contribution in [3.05, 3.63) is 76.5 Å². The number of aliphatic imine (C=N–C) groups is 1. The van der Waals surface area contributed by atoms with E-state index in [2.05, 4.69) is 57.2 Å². The monoisotopic (exact) mass is 421 g/mol. The topological polar surface area (TPSA) is 73.6 Å². The zero-order valence-corrected chi connectivity index (χ0v) is 19.6. The molecule has 1 fully saturated rings. The molecule has 0 radical (unpaired) electrons. The fraction of sp³-hybridized carbons (Fsp3) is 0.444. The van der Waals surface area contributed by atoms with Crippen LogP contribution in [0.3, 0.4) is 0 Å². The first-order valence-corrected chi connectivity index (χ1v) is 11.4. The number of allylic oxidation sites excluding steroid dienone is 2. The van der Waals surface area contributed by atoms with Gasteiger partial charge in [0.1, 0.15) is 0 Å². The number of hydrogen-bond donors (Lipinski definition) is 2. The van der Waals surface area contributed by atoms with Crippen LogP contribution in [0.25, 0.3) is 0 Å². The van der Waals surface area contributed by atoms with Gasteiger partial charge in [-0.15, -0.1) is 0 Å². The lowest BCUT2D eigenvalue weighted by atomic mass is 9.84. The maximum absolute atomic E-state index is 6.03. The van der Waals surface area contributed by atoms with Gasteiger partial charge >= 0.3 is 0 Å². The lowest BCUT2D eigenvalue weighted by Gasteiger charge is -2.22. The molecule has 31 heavy (non-hydrogen) atoms. The summed E-state index contributed by atoms with van der Waals surface area (Å²) in [4.78, 5) is 4.71. The molecule has 168 valence electrons. The van der Waals surface area contributed by atoms with Gasteiger partial charge in [-0.05, 0) is 86.9 Å². The fourth-order valence-electron chi connectivity index (χ4n) is 3.83. The summed E-state index contributed by atoms with van der Waals surface area (Å²) >= 11 is 0. The first kappa shape index (κ1) is 24.8. The third-order valence-corrected chi connectivity index (χ3v) is 5.89. The number of anilines is 1. The summed E-state index contributed by atoms with van der Waals surface area (Å²) in [5.41, 5.74) is 18.4. The van der Waals surface area contributed by atoms with Gasteiger partial charge in [-0.25, -0.2) is 0 Å². The maximum Gasteiger partial charge on any atom is 0.0512 e. The molecule has 4 nitrogen and oxygen atoms in total. The highest BCUT2D eigenvalue weighted by molar-refractivity contribution is 5.60. The van der Waals surface area contributed by atoms with Crippen molar-refractivity contribution in [1.82, 2.24) is 0 Å². The van der Waals surface area contributed by atoms with Crippen molar-refractivity contribution < 1.29 is 4.74 Å². The van der Waals surface area contributed by atoms with Gasteiger partial charge < -0.3 is 16.2 Å². The molecular formula is C27H39N3O. The number of nitrogen functional groups attached to an aromatic ring is 1. The van der Waals surface area contributed by atoms with E-state index in [9.17, 15) is 0 Å². The summed E-state index contributed by atoms with van der Waals surface area (Å²) in [6.07, 6.45) is 7.32. The third kappa shape index (κ3) is 7.34. The first-order valence-electron chi connectivity index (χ1n) is 11.4. The van der Waals surface area contributed by atoms with E-state index in [4.69, 9.17) is 21.2 Å². The highest BCUT2D eigenvalue weighted by Gasteiger charge is 2.21. The van der Waals surface area contributed by atoms with Crippen LogP contribution in [0.1, 0.15) is 61.3 Å². The fourth-order valence-corrected chi connectivity index (χ4v) is 3.83. The van der Waals surface area contributed by atoms with Gasteiger partial charge in [0.15, 0.2) is 0 Å². The van der Waals surface area contributed by atoms with E-state index >= 15 is 0 Å². The van der Waals surface area contributed by atoms with Crippen molar-refractivity contribution in [3.63, 3.8) is 0 Å². The van der Waals surface area contributed by atoms with Gasteiger partial charge in [-0.2, -0.15) is 0 Å². The highest BCUT2D eigenvalue weighted by atomic mass is 16.5. The number of hydrogen-bond acceptors (Lipinski definition) is 4. The summed E-state index contributed by atoms with van der Waals surface area (Å²) in [5, 5.41) is 0. The standard InChI is InChI=1S/C21H26N2.C6H13NO/c1-5-13-23-20(6-2)21(17-10-8-11-18(22)14-17)19-12-7-9-15(3)16(19)4;7-5-6-1-3-8-4-2-6/h6-14,21H,5,22H2,1-4H3;6H,1-5,7H2/b20-6-,23-13?;. The number of benzene rings is 2. The van der Waals surface area contributed by atoms with E-state index in [1.54, 1.807) is 0 Å². The van der Waals surface area contributed by atoms with Crippen LogP contribution in [0, 0.1) is 19.8 Å². The first-order chi connectivity index (χ1) is 15.0. The summed E-state index contributed by atoms with van der Waals surface area (Å²) in [7, 11) is 0. The largest absolute Gasteiger partial charge is 0.399 e. The highest BCUT2D eigenvalue weighted by Crippen LogP contribution is 2.36. The van der Waals surface area contributed by atoms with Crippen molar-refractivity contribution >= 4 is 11.9 Å². The molecule has 1 unspecified atom stereocenters. The van der Waals surface area contributed by atoms with E-state index in [0.29, 0.717) is 0 Å². The molecule has 4 heteroatoms. The molecule has 1 heterocycles. The molecule has 0 aliphatic carbocycles. The van der Waals surface area contributed by atoms with Crippen LogP contribution in [-0.4, -0.2) is 26.0 Å². The second-order valence-corrected chi connectivity index (χ2v) is 8.12. The number of aryl methyl sites for hydroxylation is 1. The molecule has 0 spiro atoms. The quantitative estimate of drug-likeness (QED) is 0.459. The molecule has 2 aromatic rings. The average molecular weight is 422 g/mol. The van der Waals surface area contributed by atoms with Gasteiger partial charge in [-0.1, -0.05) is 43.3 Å². The van der Waals surface area contributed by atoms with E-state index in [1.807, 2.05) is 25.3 Å². The van der Waals surface area contributed by atoms with Crippen molar-refractivity contribution in [2.75, 3.05) is 25.5 Å². The molecule has 1 aliphatic heterocycles. The molecular weight excluding hydrogens is 382 g/mol. The second-order valence-electron chi connectivity index (χ2n) is 8.12. The molecule has 0 saturated carbocycles. The lowest BCUT2D eigenvalue weighted by molar-refractivity contribution is 0.0688. The Balaban J connectivity index is 0.000000357. The van der Waals surface area contributed by atoms with Crippen molar-refractivity contribution in [2.24, 2.45) is 16.6 Å². The van der Waals surface area contributed by atoms with Gasteiger partial charge in [0.05, 0.1) is 5.92 Å². The lowest BCUT2D eigenvalue weighted by Crippen LogP contribution is -2.22. The summed E-state index contributed by atoms with van der Waals surface area (Å²) < 4.78 is 5.15. The van der Waals surface area contributed by atoms with Gasteiger partial charge in [-0.3, -0.25) is 4.99 Å². The van der Waals surface area contributed by atoms with E-state index in [0.717, 1.165) is 56.3 Å². The van der Waals surface area contributed by atoms with Crippen LogP contribution in [0.5, 0.6) is 0 Å². The minimum absolute atomic E-state index is 0.103. The van der Waals surface area contributed by atoms with Crippen LogP contribution >= 0.6 is 0 Å². The molecule has 3 rings (SSSR count). The predicted octanol–water partition coefficient (Wildman–Crippen LogP) is 5.77. The Bertz CT molecular complexity index is 867. The van der Waals surface area contributed by atoms with E-state index in [-0.39, 0.29) is 5.92 Å². The van der Waals surface area contributed by atoms with Crippen molar-refractivity contribution in [1.29, 1.82) is 0 Å². The molecule has 0 aromatic heterocycles. The zero-order chi connectivity index (χ0) is 22.6. The molecule has 1 atom stereocenters. The Morgan fingerprint density at radius 3 is 2.45 bits per heavy atom. The van der Waals surface area contributed by atoms with Gasteiger partial charge in [0, 0.05) is 30.8 Å². The normalized spacial score (nSPS) is 16.1. The second kappa shape index (κ2) is 13.1. The Morgan fingerprint density at radius 2 is 1.87 bits per heavy atom. The Morgan fingerprint density at radius 1 is 1.16 bits per heavy atom. The van der Waals surface area contributed by atoms with Crippen molar-refractivity contribution in [2.45, 2.75) is 52.9 Å². The molecule has 4 N–H and O–H groups in total. The summed E-state index contributed by atoms with van der Waals surface area (Å²) in [5.74, 6) is 0.843. The third-order valence-electron chi connectivity index (χ3n) is 5.89. The molecule has 0 amide bonds. The number of nitrogens with zero attached hydrogens (tertiary/aromatic N) is 1. The zero-order valence-electron chi connectivity index (χ0n) is 19.6. The summed E-state index contributed by atoms with van der Waals surface area (Å²) in [6, 6.07) is 14.6. The number of rotatable bonds is 6. The van der Waals surface area contributed by atoms with Gasteiger partial charge in [0.2, 0.25) is 0 Å². The number of nitrogens with two attached hydrogens (primary N) is 2. The van der Waals surface area contributed by atoms with Crippen LogP contribution in [0.2, 0.25) is 0 Å². The Labute approximate surface area is 188 Å². The maximum atomic E-state index is 6.03. The minimum Gasteiger partial charge on any atom is -0.399 e. The molecule has 2 aromatic carbocycles. The van der Waals surface area contributed by atoms with Crippen LogP contribution in [0.15, 0.2) is 59.2 Å². The SMILES string of the molecule is C/C=C(\N=CCC)C(c1cccc(N)c1)c1cccc(C)c1C.NCC1CCOCC1. The van der Waals surface area contributed by atoms with E-state index < -0.39 is 0 Å². The van der Waals surface area contributed by atoms with Crippen LogP contribution < -0.4 is 11.5 Å². The smallest absolute Gasteiger partial charge is 0.0512 e. The average Bonchev–Trinajstić information content (AvgIpc) is 2.80. The minimum atomic E-state index is 0.103. The molecule has 1 saturated heterocycles. The summed E-state index contributed by atoms with van der Waals surface area (Å²) in [6.45, 7) is 11.2. The van der Waals surface area contributed by atoms with E-state index in [1.165, 1.54) is 22.3 Å². The van der Waals surface area contributed by atoms with Crippen molar-refractivity contribution in [3.8, 4) is 0 Å². The van der Waals surface area contributed by atoms with Crippen LogP contribution in [-0.2, 0) is 4.74 Å². The van der Waals surface area contributed by atoms with Gasteiger partial charge in [0.25, 0.3) is 0 Å². The molecule has 1 aliphatic rings. The van der Waals surface area contributed by atoms with Crippen LogP contribution in [0.4, 0.5) is 5.69 Å². The Kier molecular flexibility index (Phi) is 10.5.